The average molecular weight is 280 g/mol. The second-order valence-electron chi connectivity index (χ2n) is 4.60. The molecule has 0 bridgehead atoms. The molecule has 110 valence electrons. The Morgan fingerprint density at radius 3 is 2.70 bits per heavy atom. The molecule has 0 radical (unpaired) electrons. The molecule has 1 rings (SSSR count). The monoisotopic (exact) mass is 280 g/mol. The van der Waals surface area contributed by atoms with Crippen LogP contribution in [0.15, 0.2) is 24.3 Å². The van der Waals surface area contributed by atoms with Crippen molar-refractivity contribution in [2.45, 2.75) is 13.8 Å². The maximum Gasteiger partial charge on any atom is 0.508 e. The summed E-state index contributed by atoms with van der Waals surface area (Å²) in [5.41, 5.74) is 0.780. The van der Waals surface area contributed by atoms with E-state index in [0.717, 1.165) is 5.56 Å². The third kappa shape index (κ3) is 5.65. The smallest absolute Gasteiger partial charge is 0.504 e. The van der Waals surface area contributed by atoms with Crippen LogP contribution in [0.4, 0.5) is 4.79 Å². The van der Waals surface area contributed by atoms with Crippen molar-refractivity contribution in [3.8, 4) is 11.5 Å². The molecule has 1 N–H and O–H groups in total. The highest BCUT2D eigenvalue weighted by Gasteiger charge is 2.04. The number of benzene rings is 1. The quantitative estimate of drug-likeness (QED) is 0.810. The first kappa shape index (κ1) is 15.9. The Bertz CT molecular complexity index is 465. The van der Waals surface area contributed by atoms with E-state index in [2.05, 4.69) is 0 Å². The summed E-state index contributed by atoms with van der Waals surface area (Å²) in [5, 5.41) is 9.59. The molecule has 0 unspecified atom stereocenters. The molecule has 0 heterocycles. The van der Waals surface area contributed by atoms with Gasteiger partial charge in [-0.15, -0.1) is 0 Å². The molecule has 5 heteroatoms. The Morgan fingerprint density at radius 1 is 1.35 bits per heavy atom. The van der Waals surface area contributed by atoms with Gasteiger partial charge in [-0.1, -0.05) is 26.0 Å². The molecule has 0 saturated carbocycles. The van der Waals surface area contributed by atoms with Gasteiger partial charge in [-0.2, -0.15) is 0 Å². The number of phenols is 1. The van der Waals surface area contributed by atoms with Crippen LogP contribution in [0.25, 0.3) is 6.08 Å². The lowest BCUT2D eigenvalue weighted by Gasteiger charge is -2.06. The lowest BCUT2D eigenvalue weighted by Crippen LogP contribution is -2.11. The first-order chi connectivity index (χ1) is 9.52. The summed E-state index contributed by atoms with van der Waals surface area (Å²) in [6, 6.07) is 5.01. The van der Waals surface area contributed by atoms with E-state index in [1.54, 1.807) is 30.4 Å². The minimum atomic E-state index is -0.680. The summed E-state index contributed by atoms with van der Waals surface area (Å²) in [5.74, 6) is 0.753. The highest BCUT2D eigenvalue weighted by molar-refractivity contribution is 5.60. The highest BCUT2D eigenvalue weighted by Crippen LogP contribution is 2.26. The minimum Gasteiger partial charge on any atom is -0.504 e. The van der Waals surface area contributed by atoms with Crippen molar-refractivity contribution in [2.24, 2.45) is 5.92 Å². The van der Waals surface area contributed by atoms with E-state index in [0.29, 0.717) is 12.4 Å². The van der Waals surface area contributed by atoms with Crippen LogP contribution in [0.2, 0.25) is 0 Å². The number of carbonyl (C=O) groups is 1. The highest BCUT2D eigenvalue weighted by atomic mass is 16.7. The molecule has 1 aromatic rings. The maximum atomic E-state index is 11.2. The van der Waals surface area contributed by atoms with Gasteiger partial charge in [0.2, 0.25) is 0 Å². The molecule has 0 aliphatic carbocycles. The van der Waals surface area contributed by atoms with Gasteiger partial charge in [-0.3, -0.25) is 0 Å². The number of methoxy groups -OCH3 is 1. The molecule has 0 amide bonds. The number of carbonyl (C=O) groups excluding carboxylic acids is 1. The Labute approximate surface area is 118 Å². The van der Waals surface area contributed by atoms with Gasteiger partial charge in [0.1, 0.15) is 6.61 Å². The first-order valence-electron chi connectivity index (χ1n) is 6.36. The number of hydrogen-bond donors (Lipinski definition) is 1. The normalized spacial score (nSPS) is 10.8. The van der Waals surface area contributed by atoms with Crippen LogP contribution < -0.4 is 4.74 Å². The fourth-order valence-corrected chi connectivity index (χ4v) is 1.39. The van der Waals surface area contributed by atoms with Crippen LogP contribution in [-0.2, 0) is 9.47 Å². The van der Waals surface area contributed by atoms with Crippen LogP contribution in [-0.4, -0.2) is 31.6 Å². The zero-order chi connectivity index (χ0) is 15.0. The topological polar surface area (TPSA) is 65.0 Å². The first-order valence-corrected chi connectivity index (χ1v) is 6.36. The molecule has 0 saturated heterocycles. The van der Waals surface area contributed by atoms with E-state index in [4.69, 9.17) is 14.2 Å². The number of hydrogen-bond acceptors (Lipinski definition) is 5. The van der Waals surface area contributed by atoms with E-state index in [9.17, 15) is 9.90 Å². The van der Waals surface area contributed by atoms with Crippen molar-refractivity contribution in [1.29, 1.82) is 0 Å². The van der Waals surface area contributed by atoms with Crippen molar-refractivity contribution < 1.29 is 24.1 Å². The molecule has 0 aromatic heterocycles. The summed E-state index contributed by atoms with van der Waals surface area (Å²) >= 11 is 0. The predicted molar refractivity (Wildman–Crippen MR) is 75.8 cm³/mol. The van der Waals surface area contributed by atoms with Gasteiger partial charge in [0.15, 0.2) is 11.5 Å². The summed E-state index contributed by atoms with van der Waals surface area (Å²) in [7, 11) is 1.49. The Kier molecular flexibility index (Phi) is 6.43. The van der Waals surface area contributed by atoms with Crippen LogP contribution in [0.1, 0.15) is 19.4 Å². The van der Waals surface area contributed by atoms with Gasteiger partial charge in [0, 0.05) is 0 Å². The number of rotatable bonds is 6. The molecule has 0 spiro atoms. The third-order valence-corrected chi connectivity index (χ3v) is 2.35. The molecule has 0 atom stereocenters. The van der Waals surface area contributed by atoms with Crippen molar-refractivity contribution in [3.05, 3.63) is 29.8 Å². The summed E-state index contributed by atoms with van der Waals surface area (Å²) < 4.78 is 14.7. The molecule has 20 heavy (non-hydrogen) atoms. The van der Waals surface area contributed by atoms with Gasteiger partial charge < -0.3 is 19.3 Å². The second-order valence-corrected chi connectivity index (χ2v) is 4.60. The van der Waals surface area contributed by atoms with Gasteiger partial charge >= 0.3 is 6.16 Å². The van der Waals surface area contributed by atoms with Gasteiger partial charge in [-0.25, -0.2) is 4.79 Å². The van der Waals surface area contributed by atoms with E-state index >= 15 is 0 Å². The van der Waals surface area contributed by atoms with Crippen LogP contribution in [0.3, 0.4) is 0 Å². The molecule has 0 aliphatic rings. The zero-order valence-electron chi connectivity index (χ0n) is 12.0. The third-order valence-electron chi connectivity index (χ3n) is 2.35. The Balaban J connectivity index is 2.38. The van der Waals surface area contributed by atoms with E-state index in [1.807, 2.05) is 13.8 Å². The van der Waals surface area contributed by atoms with Crippen molar-refractivity contribution in [1.82, 2.24) is 0 Å². The second kappa shape index (κ2) is 8.09. The minimum absolute atomic E-state index is 0.0620. The summed E-state index contributed by atoms with van der Waals surface area (Å²) in [6.07, 6.45) is 2.72. The fourth-order valence-electron chi connectivity index (χ4n) is 1.39. The zero-order valence-corrected chi connectivity index (χ0v) is 12.0. The summed E-state index contributed by atoms with van der Waals surface area (Å²) in [4.78, 5) is 11.2. The van der Waals surface area contributed by atoms with Crippen molar-refractivity contribution >= 4 is 12.2 Å². The Hall–Kier alpha value is -2.17. The van der Waals surface area contributed by atoms with Gasteiger partial charge in [0.05, 0.1) is 13.7 Å². The lowest BCUT2D eigenvalue weighted by molar-refractivity contribution is 0.0551. The van der Waals surface area contributed by atoms with E-state index in [-0.39, 0.29) is 18.3 Å². The van der Waals surface area contributed by atoms with E-state index < -0.39 is 6.16 Å². The van der Waals surface area contributed by atoms with Crippen molar-refractivity contribution in [2.75, 3.05) is 20.3 Å². The van der Waals surface area contributed by atoms with Gasteiger partial charge in [-0.05, 0) is 29.7 Å². The number of phenolic OH excluding ortho intramolecular Hbond substituents is 1. The summed E-state index contributed by atoms with van der Waals surface area (Å²) in [6.45, 7) is 4.35. The van der Waals surface area contributed by atoms with Crippen LogP contribution in [0, 0.1) is 5.92 Å². The largest absolute Gasteiger partial charge is 0.508 e. The average Bonchev–Trinajstić information content (AvgIpc) is 2.41. The van der Waals surface area contributed by atoms with Crippen LogP contribution in [0.5, 0.6) is 11.5 Å². The molecule has 0 aliphatic heterocycles. The van der Waals surface area contributed by atoms with E-state index in [1.165, 1.54) is 7.11 Å². The molecule has 5 nitrogen and oxygen atoms in total. The SMILES string of the molecule is COc1ccc(/C=C/COC(=O)OCC(C)C)cc1O. The number of ether oxygens (including phenoxy) is 3. The standard InChI is InChI=1S/C15H20O5/c1-11(2)10-20-15(17)19-8-4-5-12-6-7-14(18-3)13(16)9-12/h4-7,9,11,16H,8,10H2,1-3H3/b5-4+. The maximum absolute atomic E-state index is 11.2. The number of aromatic hydroxyl groups is 1. The molecule has 0 fully saturated rings. The Morgan fingerprint density at radius 2 is 2.10 bits per heavy atom. The fraction of sp³-hybridized carbons (Fsp3) is 0.400. The molecule has 1 aromatic carbocycles. The lowest BCUT2D eigenvalue weighted by atomic mass is 10.2. The van der Waals surface area contributed by atoms with Gasteiger partial charge in [0.25, 0.3) is 0 Å². The molecular weight excluding hydrogens is 260 g/mol. The van der Waals surface area contributed by atoms with Crippen molar-refractivity contribution in [3.63, 3.8) is 0 Å². The molecular formula is C15H20O5. The predicted octanol–water partition coefficient (Wildman–Crippen LogP) is 3.22. The van der Waals surface area contributed by atoms with Crippen LogP contribution >= 0.6 is 0 Å².